The van der Waals surface area contributed by atoms with Gasteiger partial charge in [-0.15, -0.1) is 22.7 Å². The van der Waals surface area contributed by atoms with E-state index in [0.29, 0.717) is 5.56 Å². The summed E-state index contributed by atoms with van der Waals surface area (Å²) in [5.74, 6) is -1.46. The topological polar surface area (TPSA) is 12.4 Å². The van der Waals surface area contributed by atoms with Gasteiger partial charge in [-0.3, -0.25) is 0 Å². The second-order valence-electron chi connectivity index (χ2n) is 4.19. The van der Waals surface area contributed by atoms with Gasteiger partial charge in [0.15, 0.2) is 11.6 Å². The Kier molecular flexibility index (Phi) is 3.48. The molecule has 0 N–H and O–H groups in total. The Labute approximate surface area is 127 Å². The van der Waals surface area contributed by atoms with Gasteiger partial charge in [-0.1, -0.05) is 0 Å². The molecular weight excluding hydrogens is 316 g/mol. The van der Waals surface area contributed by atoms with E-state index < -0.39 is 17.3 Å². The summed E-state index contributed by atoms with van der Waals surface area (Å²) in [7, 11) is 0. The highest BCUT2D eigenvalue weighted by Crippen LogP contribution is 2.39. The average molecular weight is 323 g/mol. The molecule has 2 aromatic heterocycles. The Morgan fingerprint density at radius 2 is 1.70 bits per heavy atom. The van der Waals surface area contributed by atoms with Crippen LogP contribution in [0.15, 0.2) is 29.3 Å². The molecule has 0 amide bonds. The summed E-state index contributed by atoms with van der Waals surface area (Å²) >= 11 is 7.56. The van der Waals surface area contributed by atoms with Gasteiger partial charge in [0.25, 0.3) is 0 Å². The summed E-state index contributed by atoms with van der Waals surface area (Å²) in [5.41, 5.74) is 0.118. The fraction of sp³-hybridized carbons (Fsp3) is 0.0714. The highest BCUT2D eigenvalue weighted by molar-refractivity contribution is 7.78. The Bertz CT molecular complexity index is 802. The van der Waals surface area contributed by atoms with Crippen molar-refractivity contribution in [3.05, 3.63) is 40.8 Å². The third-order valence-electron chi connectivity index (χ3n) is 2.79. The second kappa shape index (κ2) is 5.14. The largest absolute Gasteiger partial charge is 0.204 e. The predicted molar refractivity (Wildman–Crippen MR) is 84.5 cm³/mol. The van der Waals surface area contributed by atoms with Gasteiger partial charge >= 0.3 is 0 Å². The van der Waals surface area contributed by atoms with Crippen molar-refractivity contribution in [2.45, 2.75) is 6.92 Å². The number of hydrogen-bond acceptors (Lipinski definition) is 4. The lowest BCUT2D eigenvalue weighted by atomic mass is 10.1. The van der Waals surface area contributed by atoms with Crippen LogP contribution in [0.1, 0.15) is 4.88 Å². The maximum atomic E-state index is 13.8. The standard InChI is InChI=1S/C14H7F2NS3/c1-7-2-12-13(19-7)5-11(20-12)8-3-9(15)14(17-6-18)10(16)4-8/h2-5H,1H3. The molecule has 0 unspecified atom stereocenters. The first kappa shape index (κ1) is 13.5. The van der Waals surface area contributed by atoms with Crippen LogP contribution in [0.5, 0.6) is 0 Å². The lowest BCUT2D eigenvalue weighted by molar-refractivity contribution is 0.588. The highest BCUT2D eigenvalue weighted by Gasteiger charge is 2.13. The number of benzene rings is 1. The molecule has 20 heavy (non-hydrogen) atoms. The van der Waals surface area contributed by atoms with E-state index in [2.05, 4.69) is 23.3 Å². The molecule has 2 heterocycles. The van der Waals surface area contributed by atoms with Gasteiger partial charge in [0.2, 0.25) is 0 Å². The maximum absolute atomic E-state index is 13.8. The van der Waals surface area contributed by atoms with E-state index in [1.165, 1.54) is 28.3 Å². The number of nitrogens with zero attached hydrogens (tertiary/aromatic N) is 1. The zero-order chi connectivity index (χ0) is 14.3. The van der Waals surface area contributed by atoms with Crippen molar-refractivity contribution in [3.8, 4) is 10.4 Å². The SMILES string of the molecule is Cc1cc2sc(-c3cc(F)c(N=C=S)c(F)c3)cc2s1. The van der Waals surface area contributed by atoms with E-state index >= 15 is 0 Å². The highest BCUT2D eigenvalue weighted by atomic mass is 32.1. The van der Waals surface area contributed by atoms with Gasteiger partial charge in [0.1, 0.15) is 5.69 Å². The molecule has 100 valence electrons. The molecule has 0 radical (unpaired) electrons. The summed E-state index contributed by atoms with van der Waals surface area (Å²) in [6.45, 7) is 2.04. The molecule has 3 rings (SSSR count). The molecule has 0 saturated heterocycles. The van der Waals surface area contributed by atoms with Crippen molar-refractivity contribution in [2.24, 2.45) is 4.99 Å². The first-order valence-electron chi connectivity index (χ1n) is 5.66. The molecule has 0 saturated carbocycles. The minimum absolute atomic E-state index is 0.391. The fourth-order valence-corrected chi connectivity index (χ4v) is 4.35. The minimum Gasteiger partial charge on any atom is -0.204 e. The van der Waals surface area contributed by atoms with Crippen molar-refractivity contribution >= 4 is 55.1 Å². The number of thiocarbonyl (C=S) groups is 1. The minimum atomic E-state index is -0.731. The van der Waals surface area contributed by atoms with Gasteiger partial charge in [-0.2, -0.15) is 4.99 Å². The summed E-state index contributed by atoms with van der Waals surface area (Å²) in [5, 5.41) is 1.98. The van der Waals surface area contributed by atoms with E-state index in [9.17, 15) is 8.78 Å². The quantitative estimate of drug-likeness (QED) is 0.419. The van der Waals surface area contributed by atoms with Crippen LogP contribution < -0.4 is 0 Å². The molecule has 0 aliphatic carbocycles. The van der Waals surface area contributed by atoms with Gasteiger partial charge in [-0.25, -0.2) is 8.78 Å². The van der Waals surface area contributed by atoms with Gasteiger partial charge in [0.05, 0.1) is 5.16 Å². The van der Waals surface area contributed by atoms with Crippen LogP contribution >= 0.6 is 34.9 Å². The molecule has 0 fully saturated rings. The number of thiophene rings is 2. The number of aliphatic imine (C=N–C) groups is 1. The second-order valence-corrected chi connectivity index (χ2v) is 6.74. The van der Waals surface area contributed by atoms with Crippen molar-refractivity contribution in [2.75, 3.05) is 0 Å². The first-order chi connectivity index (χ1) is 9.58. The van der Waals surface area contributed by atoms with Crippen LogP contribution in [-0.4, -0.2) is 5.16 Å². The number of halogens is 2. The van der Waals surface area contributed by atoms with Crippen LogP contribution in [0.25, 0.3) is 19.8 Å². The Morgan fingerprint density at radius 3 is 2.30 bits per heavy atom. The molecule has 0 aliphatic heterocycles. The zero-order valence-corrected chi connectivity index (χ0v) is 12.7. The molecule has 1 aromatic carbocycles. The van der Waals surface area contributed by atoms with E-state index in [1.54, 1.807) is 11.3 Å². The fourth-order valence-electron chi connectivity index (χ4n) is 1.96. The summed E-state index contributed by atoms with van der Waals surface area (Å²) in [6, 6.07) is 6.58. The summed E-state index contributed by atoms with van der Waals surface area (Å²) in [6.07, 6.45) is 0. The maximum Gasteiger partial charge on any atom is 0.153 e. The number of isothiocyanates is 1. The normalized spacial score (nSPS) is 10.8. The van der Waals surface area contributed by atoms with Crippen molar-refractivity contribution in [3.63, 3.8) is 0 Å². The summed E-state index contributed by atoms with van der Waals surface area (Å²) in [4.78, 5) is 5.46. The van der Waals surface area contributed by atoms with E-state index in [1.807, 2.05) is 18.2 Å². The number of aryl methyl sites for hydroxylation is 1. The molecule has 0 bridgehead atoms. The van der Waals surface area contributed by atoms with Crippen molar-refractivity contribution < 1.29 is 8.78 Å². The van der Waals surface area contributed by atoms with Crippen LogP contribution in [0.4, 0.5) is 14.5 Å². The average Bonchev–Trinajstić information content (AvgIpc) is 2.90. The summed E-state index contributed by atoms with van der Waals surface area (Å²) < 4.78 is 29.9. The van der Waals surface area contributed by atoms with E-state index in [-0.39, 0.29) is 0 Å². The van der Waals surface area contributed by atoms with Crippen LogP contribution in [0.3, 0.4) is 0 Å². The zero-order valence-electron chi connectivity index (χ0n) is 10.2. The van der Waals surface area contributed by atoms with E-state index in [0.717, 1.165) is 14.3 Å². The lowest BCUT2D eigenvalue weighted by Gasteiger charge is -2.02. The first-order valence-corrected chi connectivity index (χ1v) is 7.70. The van der Waals surface area contributed by atoms with E-state index in [4.69, 9.17) is 0 Å². The molecule has 0 spiro atoms. The monoisotopic (exact) mass is 323 g/mol. The smallest absolute Gasteiger partial charge is 0.153 e. The van der Waals surface area contributed by atoms with Gasteiger partial charge in [-0.05, 0) is 49.0 Å². The Hall–Kier alpha value is -1.46. The Morgan fingerprint density at radius 1 is 1.05 bits per heavy atom. The molecule has 0 aliphatic rings. The molecular formula is C14H7F2NS3. The van der Waals surface area contributed by atoms with Crippen LogP contribution in [0, 0.1) is 18.6 Å². The number of fused-ring (bicyclic) bond motifs is 1. The molecule has 6 heteroatoms. The molecule has 0 atom stereocenters. The van der Waals surface area contributed by atoms with Gasteiger partial charge < -0.3 is 0 Å². The molecule has 1 nitrogen and oxygen atoms in total. The third-order valence-corrected chi connectivity index (χ3v) is 5.14. The predicted octanol–water partition coefficient (Wildman–Crippen LogP) is 5.95. The van der Waals surface area contributed by atoms with Gasteiger partial charge in [0, 0.05) is 19.2 Å². The van der Waals surface area contributed by atoms with Crippen LogP contribution in [0.2, 0.25) is 0 Å². The van der Waals surface area contributed by atoms with Crippen LogP contribution in [-0.2, 0) is 0 Å². The Balaban J connectivity index is 2.13. The third kappa shape index (κ3) is 2.31. The number of rotatable bonds is 2. The molecule has 3 aromatic rings. The lowest BCUT2D eigenvalue weighted by Crippen LogP contribution is -1.85. The number of hydrogen-bond donors (Lipinski definition) is 0. The van der Waals surface area contributed by atoms with Crippen molar-refractivity contribution in [1.82, 2.24) is 0 Å². The van der Waals surface area contributed by atoms with Crippen molar-refractivity contribution in [1.29, 1.82) is 0 Å².